The summed E-state index contributed by atoms with van der Waals surface area (Å²) < 4.78 is 38.7. The zero-order valence-electron chi connectivity index (χ0n) is 21.3. The molecule has 0 aromatic heterocycles. The quantitative estimate of drug-likeness (QED) is 0.505. The molecule has 0 spiro atoms. The summed E-state index contributed by atoms with van der Waals surface area (Å²) in [5.74, 6) is -0.673. The minimum Gasteiger partial charge on any atom is -0.352 e. The van der Waals surface area contributed by atoms with Crippen molar-refractivity contribution in [3.63, 3.8) is 0 Å². The fourth-order valence-electron chi connectivity index (χ4n) is 5.60. The lowest BCUT2D eigenvalue weighted by Gasteiger charge is -2.38. The normalized spacial score (nSPS) is 22.1. The Balaban J connectivity index is 1.24. The fraction of sp³-hybridized carbons (Fsp3) is 0.483. The van der Waals surface area contributed by atoms with Crippen molar-refractivity contribution in [2.24, 2.45) is 5.92 Å². The number of Topliss-reactive ketones (excluding diaryl/α,β-unsaturated/α-hetero) is 1. The molecule has 3 atom stereocenters. The number of carbonyl (C=O) groups is 3. The Labute approximate surface area is 221 Å². The minimum atomic E-state index is -4.54. The first-order chi connectivity index (χ1) is 18.2. The highest BCUT2D eigenvalue weighted by molar-refractivity contribution is 5.96. The van der Waals surface area contributed by atoms with Crippen LogP contribution < -0.4 is 10.6 Å². The van der Waals surface area contributed by atoms with E-state index in [2.05, 4.69) is 15.5 Å². The molecule has 1 saturated heterocycles. The van der Waals surface area contributed by atoms with Gasteiger partial charge in [-0.15, -0.1) is 0 Å². The van der Waals surface area contributed by atoms with E-state index in [0.29, 0.717) is 12.8 Å². The number of hydrogen-bond donors (Lipinski definition) is 2. The molecule has 2 amide bonds. The number of likely N-dealkylation sites (tertiary alicyclic amines) is 1. The third-order valence-electron chi connectivity index (χ3n) is 7.48. The van der Waals surface area contributed by atoms with Gasteiger partial charge in [-0.25, -0.2) is 0 Å². The van der Waals surface area contributed by atoms with Crippen LogP contribution in [0.15, 0.2) is 54.6 Å². The van der Waals surface area contributed by atoms with E-state index in [9.17, 15) is 27.6 Å². The van der Waals surface area contributed by atoms with Gasteiger partial charge >= 0.3 is 6.18 Å². The van der Waals surface area contributed by atoms with E-state index in [0.717, 1.165) is 62.9 Å². The molecule has 38 heavy (non-hydrogen) atoms. The minimum absolute atomic E-state index is 0.0236. The smallest absolute Gasteiger partial charge is 0.352 e. The van der Waals surface area contributed by atoms with Gasteiger partial charge in [0.05, 0.1) is 18.5 Å². The van der Waals surface area contributed by atoms with Gasteiger partial charge in [-0.1, -0.05) is 49.2 Å². The van der Waals surface area contributed by atoms with Crippen molar-refractivity contribution in [2.45, 2.75) is 63.2 Å². The summed E-state index contributed by atoms with van der Waals surface area (Å²) in [7, 11) is 0. The Morgan fingerprint density at radius 1 is 0.947 bits per heavy atom. The second kappa shape index (κ2) is 12.6. The van der Waals surface area contributed by atoms with E-state index in [-0.39, 0.29) is 41.8 Å². The van der Waals surface area contributed by atoms with Crippen LogP contribution in [0, 0.1) is 5.92 Å². The third-order valence-corrected chi connectivity index (χ3v) is 7.48. The molecule has 2 N–H and O–H groups in total. The first-order valence-corrected chi connectivity index (χ1v) is 13.2. The van der Waals surface area contributed by atoms with Crippen molar-refractivity contribution in [1.29, 1.82) is 0 Å². The average molecular weight is 530 g/mol. The first-order valence-electron chi connectivity index (χ1n) is 13.2. The van der Waals surface area contributed by atoms with E-state index in [1.54, 1.807) is 0 Å². The van der Waals surface area contributed by atoms with Crippen molar-refractivity contribution in [1.82, 2.24) is 15.5 Å². The summed E-state index contributed by atoms with van der Waals surface area (Å²) in [5.41, 5.74) is -0.0469. The van der Waals surface area contributed by atoms with E-state index in [1.807, 2.05) is 30.3 Å². The maximum atomic E-state index is 12.9. The molecular weight excluding hydrogens is 495 g/mol. The molecule has 2 aromatic carbocycles. The lowest BCUT2D eigenvalue weighted by Crippen LogP contribution is -2.53. The molecule has 0 radical (unpaired) electrons. The van der Waals surface area contributed by atoms with Crippen LogP contribution in [0.4, 0.5) is 13.2 Å². The van der Waals surface area contributed by atoms with Crippen molar-refractivity contribution < 1.29 is 27.6 Å². The molecule has 2 aliphatic rings. The summed E-state index contributed by atoms with van der Waals surface area (Å²) in [4.78, 5) is 39.9. The van der Waals surface area contributed by atoms with Gasteiger partial charge in [0.15, 0.2) is 5.78 Å². The fourth-order valence-corrected chi connectivity index (χ4v) is 5.60. The van der Waals surface area contributed by atoms with Gasteiger partial charge in [-0.3, -0.25) is 19.3 Å². The van der Waals surface area contributed by atoms with Gasteiger partial charge in [0, 0.05) is 30.6 Å². The maximum Gasteiger partial charge on any atom is 0.416 e. The van der Waals surface area contributed by atoms with Crippen LogP contribution in [-0.2, 0) is 22.2 Å². The van der Waals surface area contributed by atoms with E-state index in [1.165, 1.54) is 12.1 Å². The van der Waals surface area contributed by atoms with Gasteiger partial charge in [0.2, 0.25) is 5.91 Å². The summed E-state index contributed by atoms with van der Waals surface area (Å²) in [6, 6.07) is 14.2. The Bertz CT molecular complexity index is 1120. The molecule has 4 rings (SSSR count). The van der Waals surface area contributed by atoms with Crippen LogP contribution >= 0.6 is 0 Å². The molecule has 2 aromatic rings. The second-order valence-electron chi connectivity index (χ2n) is 10.3. The van der Waals surface area contributed by atoms with Crippen molar-refractivity contribution in [3.8, 4) is 0 Å². The summed E-state index contributed by atoms with van der Waals surface area (Å²) in [5, 5.41) is 5.70. The number of carbonyl (C=O) groups excluding carboxylic acids is 3. The standard InChI is InChI=1S/C29H34F3N3O3/c30-29(31,32)23-10-6-9-22(17-23)28(38)33-18-24(36)15-21-13-14-35(19-21)26-12-5-4-11-25(26)34-27(37)16-20-7-2-1-3-8-20/h1-3,6-10,17,21,25-26H,4-5,11-16,18-19H2,(H,33,38)(H,34,37)/t21-,25+,26-/m0/s1. The van der Waals surface area contributed by atoms with Crippen molar-refractivity contribution in [3.05, 3.63) is 71.3 Å². The lowest BCUT2D eigenvalue weighted by atomic mass is 9.89. The van der Waals surface area contributed by atoms with E-state index in [4.69, 9.17) is 0 Å². The molecule has 0 bridgehead atoms. The van der Waals surface area contributed by atoms with Crippen LogP contribution in [-0.4, -0.2) is 54.2 Å². The van der Waals surface area contributed by atoms with E-state index >= 15 is 0 Å². The zero-order valence-corrected chi connectivity index (χ0v) is 21.3. The number of halogens is 3. The summed E-state index contributed by atoms with van der Waals surface area (Å²) in [6.07, 6.45) is 1.10. The van der Waals surface area contributed by atoms with Crippen LogP contribution in [0.3, 0.4) is 0 Å². The number of rotatable bonds is 9. The summed E-state index contributed by atoms with van der Waals surface area (Å²) >= 11 is 0. The van der Waals surface area contributed by atoms with Gasteiger partial charge in [-0.05, 0) is 55.5 Å². The monoisotopic (exact) mass is 529 g/mol. The highest BCUT2D eigenvalue weighted by Crippen LogP contribution is 2.30. The average Bonchev–Trinajstić information content (AvgIpc) is 3.36. The molecule has 1 aliphatic carbocycles. The molecule has 2 fully saturated rings. The molecular formula is C29H34F3N3O3. The lowest BCUT2D eigenvalue weighted by molar-refractivity contribution is -0.137. The molecule has 1 heterocycles. The second-order valence-corrected chi connectivity index (χ2v) is 10.3. The Kier molecular flexibility index (Phi) is 9.20. The van der Waals surface area contributed by atoms with Gasteiger partial charge in [0.25, 0.3) is 5.91 Å². The predicted octanol–water partition coefficient (Wildman–Crippen LogP) is 4.39. The van der Waals surface area contributed by atoms with Crippen LogP contribution in [0.2, 0.25) is 0 Å². The van der Waals surface area contributed by atoms with Crippen LogP contribution in [0.1, 0.15) is 60.0 Å². The number of ketones is 1. The number of benzene rings is 2. The van der Waals surface area contributed by atoms with Crippen molar-refractivity contribution >= 4 is 17.6 Å². The summed E-state index contributed by atoms with van der Waals surface area (Å²) in [6.45, 7) is 1.39. The van der Waals surface area contributed by atoms with E-state index < -0.39 is 17.6 Å². The number of hydrogen-bond acceptors (Lipinski definition) is 4. The Hall–Kier alpha value is -3.20. The number of amides is 2. The number of nitrogens with zero attached hydrogens (tertiary/aromatic N) is 1. The SMILES string of the molecule is O=C(CNC(=O)c1cccc(C(F)(F)F)c1)C[C@@H]1CCN([C@H]2CCCC[C@H]2NC(=O)Cc2ccccc2)C1. The Morgan fingerprint density at radius 3 is 2.47 bits per heavy atom. The zero-order chi connectivity index (χ0) is 27.1. The van der Waals surface area contributed by atoms with Crippen LogP contribution in [0.5, 0.6) is 0 Å². The molecule has 6 nitrogen and oxygen atoms in total. The predicted molar refractivity (Wildman–Crippen MR) is 137 cm³/mol. The molecule has 1 saturated carbocycles. The molecule has 0 unspecified atom stereocenters. The topological polar surface area (TPSA) is 78.5 Å². The van der Waals surface area contributed by atoms with Gasteiger partial charge in [-0.2, -0.15) is 13.2 Å². The molecule has 9 heteroatoms. The van der Waals surface area contributed by atoms with Crippen molar-refractivity contribution in [2.75, 3.05) is 19.6 Å². The van der Waals surface area contributed by atoms with Gasteiger partial charge in [0.1, 0.15) is 0 Å². The first kappa shape index (κ1) is 27.8. The van der Waals surface area contributed by atoms with Crippen LogP contribution in [0.25, 0.3) is 0 Å². The highest BCUT2D eigenvalue weighted by atomic mass is 19.4. The molecule has 204 valence electrons. The van der Waals surface area contributed by atoms with Gasteiger partial charge < -0.3 is 10.6 Å². The third kappa shape index (κ3) is 7.66. The maximum absolute atomic E-state index is 12.9. The number of nitrogens with one attached hydrogen (secondary N) is 2. The highest BCUT2D eigenvalue weighted by Gasteiger charge is 2.36. The molecule has 1 aliphatic heterocycles. The Morgan fingerprint density at radius 2 is 1.71 bits per heavy atom. The largest absolute Gasteiger partial charge is 0.416 e. The number of alkyl halides is 3.